The molecule has 1 heterocycles. The number of hydrogen-bond acceptors (Lipinski definition) is 3. The highest BCUT2D eigenvalue weighted by Gasteiger charge is 2.10. The maximum absolute atomic E-state index is 13.2. The van der Waals surface area contributed by atoms with E-state index in [2.05, 4.69) is 26.0 Å². The number of rotatable bonds is 6. The number of aromatic nitrogens is 2. The molecule has 0 aliphatic carbocycles. The van der Waals surface area contributed by atoms with Crippen molar-refractivity contribution in [2.45, 2.75) is 27.3 Å². The number of hydrogen-bond donors (Lipinski definition) is 3. The van der Waals surface area contributed by atoms with Crippen LogP contribution in [0.3, 0.4) is 0 Å². The largest absolute Gasteiger partial charge is 0.357 e. The van der Waals surface area contributed by atoms with Crippen LogP contribution in [0, 0.1) is 19.7 Å². The lowest BCUT2D eigenvalue weighted by atomic mass is 10.2. The zero-order chi connectivity index (χ0) is 19.1. The zero-order valence-electron chi connectivity index (χ0n) is 15.6. The Kier molecular flexibility index (Phi) is 6.71. The van der Waals surface area contributed by atoms with Gasteiger partial charge in [-0.05, 0) is 39.0 Å². The third-order valence-corrected chi connectivity index (χ3v) is 3.92. The van der Waals surface area contributed by atoms with E-state index in [4.69, 9.17) is 0 Å². The lowest BCUT2D eigenvalue weighted by Gasteiger charge is -2.11. The number of aliphatic imine (C=N–C) groups is 1. The van der Waals surface area contributed by atoms with Crippen LogP contribution >= 0.6 is 0 Å². The molecule has 1 aromatic carbocycles. The molecule has 0 fully saturated rings. The van der Waals surface area contributed by atoms with Crippen molar-refractivity contribution in [3.63, 3.8) is 0 Å². The number of carbonyl (C=O) groups excluding carboxylic acids is 1. The Labute approximate surface area is 152 Å². The molecule has 0 unspecified atom stereocenters. The van der Waals surface area contributed by atoms with Crippen LogP contribution in [0.15, 0.2) is 29.3 Å². The molecule has 0 saturated heterocycles. The summed E-state index contributed by atoms with van der Waals surface area (Å²) >= 11 is 0. The van der Waals surface area contributed by atoms with Crippen LogP contribution in [-0.4, -0.2) is 34.7 Å². The van der Waals surface area contributed by atoms with Gasteiger partial charge in [0.2, 0.25) is 5.91 Å². The fraction of sp³-hybridized carbons (Fsp3) is 0.389. The molecular weight excluding hydrogens is 335 g/mol. The molecule has 2 rings (SSSR count). The lowest BCUT2D eigenvalue weighted by molar-refractivity contribution is -0.115. The molecule has 0 spiro atoms. The summed E-state index contributed by atoms with van der Waals surface area (Å²) in [4.78, 5) is 16.5. The zero-order valence-corrected chi connectivity index (χ0v) is 15.6. The number of benzene rings is 1. The molecule has 0 atom stereocenters. The Hall–Kier alpha value is -2.90. The molecular formula is C18H25FN6O. The number of guanidine groups is 1. The van der Waals surface area contributed by atoms with Crippen molar-refractivity contribution >= 4 is 17.6 Å². The predicted molar refractivity (Wildman–Crippen MR) is 101 cm³/mol. The average molecular weight is 360 g/mol. The van der Waals surface area contributed by atoms with Crippen molar-refractivity contribution in [2.75, 3.05) is 18.4 Å². The van der Waals surface area contributed by atoms with Crippen molar-refractivity contribution in [3.05, 3.63) is 47.0 Å². The highest BCUT2D eigenvalue weighted by atomic mass is 19.1. The maximum Gasteiger partial charge on any atom is 0.243 e. The van der Waals surface area contributed by atoms with E-state index in [0.29, 0.717) is 24.7 Å². The van der Waals surface area contributed by atoms with Crippen LogP contribution in [0.1, 0.15) is 23.9 Å². The Morgan fingerprint density at radius 2 is 2.08 bits per heavy atom. The van der Waals surface area contributed by atoms with Crippen LogP contribution in [0.25, 0.3) is 0 Å². The smallest absolute Gasteiger partial charge is 0.243 e. The molecule has 0 aliphatic heterocycles. The topological polar surface area (TPSA) is 83.3 Å². The molecule has 0 saturated carbocycles. The molecule has 7 nitrogen and oxygen atoms in total. The first kappa shape index (κ1) is 19.4. The normalized spacial score (nSPS) is 11.3. The molecule has 26 heavy (non-hydrogen) atoms. The summed E-state index contributed by atoms with van der Waals surface area (Å²) in [5.41, 5.74) is 3.48. The predicted octanol–water partition coefficient (Wildman–Crippen LogP) is 1.87. The van der Waals surface area contributed by atoms with Crippen molar-refractivity contribution in [1.82, 2.24) is 20.4 Å². The van der Waals surface area contributed by atoms with Gasteiger partial charge in [-0.2, -0.15) is 5.10 Å². The van der Waals surface area contributed by atoms with Crippen molar-refractivity contribution in [3.8, 4) is 0 Å². The van der Waals surface area contributed by atoms with E-state index in [-0.39, 0.29) is 12.5 Å². The van der Waals surface area contributed by atoms with Gasteiger partial charge < -0.3 is 16.0 Å². The molecule has 3 N–H and O–H groups in total. The molecule has 0 bridgehead atoms. The molecule has 8 heteroatoms. The van der Waals surface area contributed by atoms with Gasteiger partial charge in [-0.25, -0.2) is 9.38 Å². The monoisotopic (exact) mass is 360 g/mol. The van der Waals surface area contributed by atoms with Crippen LogP contribution < -0.4 is 16.0 Å². The van der Waals surface area contributed by atoms with E-state index in [1.807, 2.05) is 32.5 Å². The average Bonchev–Trinajstić information content (AvgIpc) is 2.83. The number of amides is 1. The summed E-state index contributed by atoms with van der Waals surface area (Å²) in [6.07, 6.45) is 0. The second-order valence-corrected chi connectivity index (χ2v) is 5.88. The minimum Gasteiger partial charge on any atom is -0.357 e. The molecule has 1 aromatic heterocycles. The number of anilines is 1. The van der Waals surface area contributed by atoms with Gasteiger partial charge in [-0.1, -0.05) is 6.07 Å². The van der Waals surface area contributed by atoms with Crippen LogP contribution in [-0.2, 0) is 18.4 Å². The van der Waals surface area contributed by atoms with Gasteiger partial charge in [0.15, 0.2) is 5.96 Å². The van der Waals surface area contributed by atoms with Gasteiger partial charge >= 0.3 is 0 Å². The van der Waals surface area contributed by atoms with Crippen molar-refractivity contribution < 1.29 is 9.18 Å². The molecule has 1 amide bonds. The number of carbonyl (C=O) groups is 1. The number of nitrogens with one attached hydrogen (secondary N) is 3. The summed E-state index contributed by atoms with van der Waals surface area (Å²) in [6.45, 7) is 7.05. The van der Waals surface area contributed by atoms with Gasteiger partial charge in [0.25, 0.3) is 0 Å². The van der Waals surface area contributed by atoms with Gasteiger partial charge in [-0.3, -0.25) is 9.48 Å². The van der Waals surface area contributed by atoms with E-state index in [0.717, 1.165) is 17.0 Å². The summed E-state index contributed by atoms with van der Waals surface area (Å²) in [5.74, 6) is -0.146. The first-order chi connectivity index (χ1) is 12.4. The van der Waals surface area contributed by atoms with Gasteiger partial charge in [0, 0.05) is 30.5 Å². The first-order valence-corrected chi connectivity index (χ1v) is 8.47. The van der Waals surface area contributed by atoms with Crippen LogP contribution in [0.2, 0.25) is 0 Å². The minimum absolute atomic E-state index is 0.0212. The Bertz CT molecular complexity index is 799. The highest BCUT2D eigenvalue weighted by Crippen LogP contribution is 2.12. The Balaban J connectivity index is 1.95. The molecule has 0 radical (unpaired) electrons. The van der Waals surface area contributed by atoms with Gasteiger partial charge in [0.05, 0.1) is 18.8 Å². The van der Waals surface area contributed by atoms with Crippen LogP contribution in [0.4, 0.5) is 10.1 Å². The molecule has 140 valence electrons. The number of aryl methyl sites for hydroxylation is 2. The van der Waals surface area contributed by atoms with Crippen LogP contribution in [0.5, 0.6) is 0 Å². The van der Waals surface area contributed by atoms with Gasteiger partial charge in [0.1, 0.15) is 5.82 Å². The van der Waals surface area contributed by atoms with E-state index < -0.39 is 5.82 Å². The van der Waals surface area contributed by atoms with Crippen molar-refractivity contribution in [2.24, 2.45) is 12.0 Å². The van der Waals surface area contributed by atoms with E-state index in [9.17, 15) is 9.18 Å². The van der Waals surface area contributed by atoms with Gasteiger partial charge in [-0.15, -0.1) is 0 Å². The summed E-state index contributed by atoms with van der Waals surface area (Å²) < 4.78 is 15.0. The first-order valence-electron chi connectivity index (χ1n) is 8.47. The molecule has 0 aliphatic rings. The Morgan fingerprint density at radius 3 is 2.69 bits per heavy atom. The van der Waals surface area contributed by atoms with E-state index in [1.165, 1.54) is 12.1 Å². The second kappa shape index (κ2) is 8.98. The SMILES string of the molecule is CCNC(=NCc1c(C)nn(C)c1C)NCC(=O)Nc1cccc(F)c1. The fourth-order valence-electron chi connectivity index (χ4n) is 2.48. The number of halogens is 1. The van der Waals surface area contributed by atoms with E-state index in [1.54, 1.807) is 12.1 Å². The third-order valence-electron chi connectivity index (χ3n) is 3.92. The number of nitrogens with zero attached hydrogens (tertiary/aromatic N) is 3. The quantitative estimate of drug-likeness (QED) is 0.542. The molecule has 2 aromatic rings. The van der Waals surface area contributed by atoms with E-state index >= 15 is 0 Å². The summed E-state index contributed by atoms with van der Waals surface area (Å²) in [6, 6.07) is 5.77. The standard InChI is InChI=1S/C18H25FN6O/c1-5-20-18(21-10-16-12(2)24-25(4)13(16)3)22-11-17(26)23-15-8-6-7-14(19)9-15/h6-9H,5,10-11H2,1-4H3,(H,23,26)(H2,20,21,22). The highest BCUT2D eigenvalue weighted by molar-refractivity contribution is 5.94. The maximum atomic E-state index is 13.2. The fourth-order valence-corrected chi connectivity index (χ4v) is 2.48. The third kappa shape index (κ3) is 5.30. The minimum atomic E-state index is -0.395. The summed E-state index contributed by atoms with van der Waals surface area (Å²) in [5, 5.41) is 13.1. The second-order valence-electron chi connectivity index (χ2n) is 5.88. The summed E-state index contributed by atoms with van der Waals surface area (Å²) in [7, 11) is 1.90. The van der Waals surface area contributed by atoms with Crippen molar-refractivity contribution in [1.29, 1.82) is 0 Å². The lowest BCUT2D eigenvalue weighted by Crippen LogP contribution is -2.41. The Morgan fingerprint density at radius 1 is 1.31 bits per heavy atom.